The minimum absolute atomic E-state index is 0.0841. The fourth-order valence-electron chi connectivity index (χ4n) is 2.52. The highest BCUT2D eigenvalue weighted by atomic mass is 35.5. The molecule has 0 saturated heterocycles. The van der Waals surface area contributed by atoms with Gasteiger partial charge in [0.05, 0.1) is 10.4 Å². The van der Waals surface area contributed by atoms with E-state index in [0.717, 1.165) is 45.1 Å². The number of aryl methyl sites for hydroxylation is 2. The van der Waals surface area contributed by atoms with Crippen LogP contribution in [0.1, 0.15) is 39.8 Å². The van der Waals surface area contributed by atoms with Crippen LogP contribution in [0.2, 0.25) is 5.02 Å². The Morgan fingerprint density at radius 3 is 2.86 bits per heavy atom. The Morgan fingerprint density at radius 1 is 1.33 bits per heavy atom. The second-order valence-electron chi connectivity index (χ2n) is 5.28. The van der Waals surface area contributed by atoms with Gasteiger partial charge in [0.25, 0.3) is 0 Å². The summed E-state index contributed by atoms with van der Waals surface area (Å²) >= 11 is 14.5. The number of alkyl halides is 1. The number of hydrogen-bond acceptors (Lipinski definition) is 2. The Labute approximate surface area is 138 Å². The highest BCUT2D eigenvalue weighted by Gasteiger charge is 2.20. The number of carbonyl (C=O) groups excluding carboxylic acids is 1. The molecule has 1 aliphatic heterocycles. The zero-order chi connectivity index (χ0) is 15.0. The third-order valence-electron chi connectivity index (χ3n) is 3.70. The number of benzene rings is 1. The van der Waals surface area contributed by atoms with Gasteiger partial charge in [0.2, 0.25) is 5.91 Å². The standard InChI is InChI=1S/C16H15Cl2NOS/c1-9-8-21-16(14(9)17)15(18)11-5-6-12-10(7-11)3-2-4-13(20)19-12/h5-8,15H,2-4H2,1H3,(H,19,20). The quantitative estimate of drug-likeness (QED) is 0.737. The van der Waals surface area contributed by atoms with Crippen molar-refractivity contribution in [3.63, 3.8) is 0 Å². The van der Waals surface area contributed by atoms with E-state index in [-0.39, 0.29) is 11.3 Å². The number of hydrogen-bond donors (Lipinski definition) is 1. The van der Waals surface area contributed by atoms with Crippen LogP contribution in [0.3, 0.4) is 0 Å². The highest BCUT2D eigenvalue weighted by Crippen LogP contribution is 2.40. The Balaban J connectivity index is 1.95. The molecular weight excluding hydrogens is 325 g/mol. The zero-order valence-electron chi connectivity index (χ0n) is 11.6. The third kappa shape index (κ3) is 2.96. The predicted octanol–water partition coefficient (Wildman–Crippen LogP) is 5.31. The van der Waals surface area contributed by atoms with Crippen LogP contribution in [0.5, 0.6) is 0 Å². The first kappa shape index (κ1) is 14.9. The minimum atomic E-state index is -0.250. The van der Waals surface area contributed by atoms with Crippen LogP contribution in [0.4, 0.5) is 5.69 Å². The summed E-state index contributed by atoms with van der Waals surface area (Å²) in [5, 5.41) is 5.47. The van der Waals surface area contributed by atoms with Crippen molar-refractivity contribution < 1.29 is 4.79 Å². The molecule has 0 fully saturated rings. The predicted molar refractivity (Wildman–Crippen MR) is 89.8 cm³/mol. The summed E-state index contributed by atoms with van der Waals surface area (Å²) < 4.78 is 0. The molecule has 110 valence electrons. The average molecular weight is 340 g/mol. The maximum absolute atomic E-state index is 11.6. The zero-order valence-corrected chi connectivity index (χ0v) is 13.9. The summed E-state index contributed by atoms with van der Waals surface area (Å²) in [6.07, 6.45) is 2.33. The molecule has 1 atom stereocenters. The van der Waals surface area contributed by atoms with Crippen LogP contribution in [0.25, 0.3) is 0 Å². The van der Waals surface area contributed by atoms with Crippen molar-refractivity contribution in [1.82, 2.24) is 0 Å². The number of thiophene rings is 1. The topological polar surface area (TPSA) is 29.1 Å². The normalized spacial score (nSPS) is 16.0. The van der Waals surface area contributed by atoms with Crippen LogP contribution in [-0.2, 0) is 11.2 Å². The first-order chi connectivity index (χ1) is 10.1. The van der Waals surface area contributed by atoms with Gasteiger partial charge in [-0.1, -0.05) is 23.7 Å². The fourth-order valence-corrected chi connectivity index (χ4v) is 4.28. The van der Waals surface area contributed by atoms with Crippen molar-refractivity contribution in [2.75, 3.05) is 5.32 Å². The molecule has 0 bridgehead atoms. The summed E-state index contributed by atoms with van der Waals surface area (Å²) in [7, 11) is 0. The van der Waals surface area contributed by atoms with Gasteiger partial charge in [-0.2, -0.15) is 0 Å². The number of rotatable bonds is 2. The molecule has 1 N–H and O–H groups in total. The van der Waals surface area contributed by atoms with Crippen LogP contribution >= 0.6 is 34.5 Å². The monoisotopic (exact) mass is 339 g/mol. The van der Waals surface area contributed by atoms with E-state index in [0.29, 0.717) is 6.42 Å². The van der Waals surface area contributed by atoms with Crippen LogP contribution in [0.15, 0.2) is 23.6 Å². The maximum Gasteiger partial charge on any atom is 0.224 e. The van der Waals surface area contributed by atoms with Gasteiger partial charge in [0.1, 0.15) is 0 Å². The number of carbonyl (C=O) groups is 1. The van der Waals surface area contributed by atoms with E-state index in [1.807, 2.05) is 24.4 Å². The number of nitrogens with one attached hydrogen (secondary N) is 1. The Bertz CT molecular complexity index is 696. The van der Waals surface area contributed by atoms with Gasteiger partial charge < -0.3 is 5.32 Å². The van der Waals surface area contributed by atoms with Gasteiger partial charge in [-0.05, 0) is 47.9 Å². The maximum atomic E-state index is 11.6. The molecule has 2 nitrogen and oxygen atoms in total. The first-order valence-corrected chi connectivity index (χ1v) is 8.56. The molecule has 0 aliphatic carbocycles. The van der Waals surface area contributed by atoms with E-state index in [1.165, 1.54) is 0 Å². The largest absolute Gasteiger partial charge is 0.326 e. The Morgan fingerprint density at radius 2 is 2.14 bits per heavy atom. The number of halogens is 2. The molecule has 0 saturated carbocycles. The third-order valence-corrected chi connectivity index (χ3v) is 6.08. The Hall–Kier alpha value is -1.03. The van der Waals surface area contributed by atoms with Crippen molar-refractivity contribution in [2.45, 2.75) is 31.6 Å². The lowest BCUT2D eigenvalue weighted by atomic mass is 10.0. The molecule has 1 unspecified atom stereocenters. The molecule has 0 radical (unpaired) electrons. The van der Waals surface area contributed by atoms with Crippen molar-refractivity contribution >= 4 is 46.1 Å². The van der Waals surface area contributed by atoms with Crippen molar-refractivity contribution in [3.8, 4) is 0 Å². The summed E-state index contributed by atoms with van der Waals surface area (Å²) in [6, 6.07) is 6.00. The summed E-state index contributed by atoms with van der Waals surface area (Å²) in [5.74, 6) is 0.0841. The van der Waals surface area contributed by atoms with E-state index in [1.54, 1.807) is 11.3 Å². The lowest BCUT2D eigenvalue weighted by Gasteiger charge is -2.13. The fraction of sp³-hybridized carbons (Fsp3) is 0.312. The minimum Gasteiger partial charge on any atom is -0.326 e. The van der Waals surface area contributed by atoms with Gasteiger partial charge in [0, 0.05) is 17.0 Å². The lowest BCUT2D eigenvalue weighted by Crippen LogP contribution is -2.09. The molecule has 3 rings (SSSR count). The van der Waals surface area contributed by atoms with E-state index in [9.17, 15) is 4.79 Å². The molecule has 5 heteroatoms. The summed E-state index contributed by atoms with van der Waals surface area (Å²) in [4.78, 5) is 12.6. The lowest BCUT2D eigenvalue weighted by molar-refractivity contribution is -0.116. The highest BCUT2D eigenvalue weighted by molar-refractivity contribution is 7.11. The van der Waals surface area contributed by atoms with Gasteiger partial charge >= 0.3 is 0 Å². The van der Waals surface area contributed by atoms with Crippen molar-refractivity contribution in [3.05, 3.63) is 50.2 Å². The molecule has 2 aromatic rings. The second kappa shape index (κ2) is 5.99. The first-order valence-electron chi connectivity index (χ1n) is 6.86. The summed E-state index contributed by atoms with van der Waals surface area (Å²) in [5.41, 5.74) is 4.13. The van der Waals surface area contributed by atoms with E-state index in [4.69, 9.17) is 23.2 Å². The molecule has 1 aliphatic rings. The van der Waals surface area contributed by atoms with Crippen LogP contribution in [-0.4, -0.2) is 5.91 Å². The van der Waals surface area contributed by atoms with Crippen molar-refractivity contribution in [1.29, 1.82) is 0 Å². The van der Waals surface area contributed by atoms with Crippen molar-refractivity contribution in [2.24, 2.45) is 0 Å². The molecule has 21 heavy (non-hydrogen) atoms. The molecule has 1 aromatic carbocycles. The number of anilines is 1. The molecule has 2 heterocycles. The molecule has 1 aromatic heterocycles. The van der Waals surface area contributed by atoms with Gasteiger partial charge in [-0.25, -0.2) is 0 Å². The van der Waals surface area contributed by atoms with Crippen LogP contribution in [0, 0.1) is 6.92 Å². The number of amides is 1. The molecular formula is C16H15Cl2NOS. The molecule has 0 spiro atoms. The molecule has 1 amide bonds. The average Bonchev–Trinajstić information content (AvgIpc) is 2.69. The van der Waals surface area contributed by atoms with Crippen LogP contribution < -0.4 is 5.32 Å². The van der Waals surface area contributed by atoms with E-state index < -0.39 is 0 Å². The second-order valence-corrected chi connectivity index (χ2v) is 7.00. The summed E-state index contributed by atoms with van der Waals surface area (Å²) in [6.45, 7) is 1.98. The van der Waals surface area contributed by atoms with Gasteiger partial charge in [-0.15, -0.1) is 22.9 Å². The SMILES string of the molecule is Cc1csc(C(Cl)c2ccc3c(c2)CCCC(=O)N3)c1Cl. The van der Waals surface area contributed by atoms with Gasteiger partial charge in [0.15, 0.2) is 0 Å². The van der Waals surface area contributed by atoms with Gasteiger partial charge in [-0.3, -0.25) is 4.79 Å². The smallest absolute Gasteiger partial charge is 0.224 e. The van der Waals surface area contributed by atoms with E-state index >= 15 is 0 Å². The number of fused-ring (bicyclic) bond motifs is 1. The van der Waals surface area contributed by atoms with E-state index in [2.05, 4.69) is 11.4 Å². The Kier molecular flexibility index (Phi) is 4.25.